The molecule has 0 saturated carbocycles. The highest BCUT2D eigenvalue weighted by atomic mass is 16.6. The SMILES string of the molecule is O=C1CC/C=C\[C@@H](OCc2ccccc2)[C@H](OCc2ccccc2)[C@H]1OCc1ccccc1. The first-order valence-corrected chi connectivity index (χ1v) is 11.5. The quantitative estimate of drug-likeness (QED) is 0.401. The second kappa shape index (κ2) is 12.3. The van der Waals surface area contributed by atoms with Crippen LogP contribution in [0.25, 0.3) is 0 Å². The Labute approximate surface area is 195 Å². The number of allylic oxidation sites excluding steroid dienone is 1. The number of ketones is 1. The number of hydrogen-bond donors (Lipinski definition) is 0. The molecule has 1 aliphatic rings. The van der Waals surface area contributed by atoms with Crippen LogP contribution in [0.2, 0.25) is 0 Å². The van der Waals surface area contributed by atoms with E-state index in [1.165, 1.54) is 0 Å². The lowest BCUT2D eigenvalue weighted by Gasteiger charge is -2.33. The maximum absolute atomic E-state index is 13.1. The van der Waals surface area contributed by atoms with Gasteiger partial charge in [-0.25, -0.2) is 0 Å². The summed E-state index contributed by atoms with van der Waals surface area (Å²) in [4.78, 5) is 13.1. The summed E-state index contributed by atoms with van der Waals surface area (Å²) in [5.41, 5.74) is 3.13. The molecule has 0 saturated heterocycles. The summed E-state index contributed by atoms with van der Waals surface area (Å²) in [6.45, 7) is 1.15. The van der Waals surface area contributed by atoms with Crippen molar-refractivity contribution in [1.29, 1.82) is 0 Å². The summed E-state index contributed by atoms with van der Waals surface area (Å²) < 4.78 is 18.9. The maximum atomic E-state index is 13.1. The van der Waals surface area contributed by atoms with Crippen molar-refractivity contribution in [3.8, 4) is 0 Å². The minimum atomic E-state index is -0.709. The van der Waals surface area contributed by atoms with Crippen molar-refractivity contribution in [3.05, 3.63) is 120 Å². The van der Waals surface area contributed by atoms with Gasteiger partial charge in [0.1, 0.15) is 18.3 Å². The zero-order valence-electron chi connectivity index (χ0n) is 18.7. The third kappa shape index (κ3) is 6.96. The highest BCUT2D eigenvalue weighted by molar-refractivity contribution is 5.84. The van der Waals surface area contributed by atoms with E-state index in [0.717, 1.165) is 16.7 Å². The summed E-state index contributed by atoms with van der Waals surface area (Å²) in [5.74, 6) is 0.0432. The van der Waals surface area contributed by atoms with Crippen LogP contribution in [0.5, 0.6) is 0 Å². The number of ether oxygens (including phenoxy) is 3. The molecule has 33 heavy (non-hydrogen) atoms. The van der Waals surface area contributed by atoms with Crippen molar-refractivity contribution in [2.24, 2.45) is 0 Å². The van der Waals surface area contributed by atoms with Gasteiger partial charge in [-0.1, -0.05) is 103 Å². The molecule has 1 aliphatic carbocycles. The van der Waals surface area contributed by atoms with Gasteiger partial charge in [0.25, 0.3) is 0 Å². The van der Waals surface area contributed by atoms with E-state index in [2.05, 4.69) is 0 Å². The molecule has 0 N–H and O–H groups in total. The third-order valence-corrected chi connectivity index (χ3v) is 5.67. The minimum absolute atomic E-state index is 0.0432. The molecule has 0 heterocycles. The zero-order valence-corrected chi connectivity index (χ0v) is 18.7. The zero-order chi connectivity index (χ0) is 22.7. The Hall–Kier alpha value is -3.05. The van der Waals surface area contributed by atoms with E-state index in [0.29, 0.717) is 32.7 Å². The van der Waals surface area contributed by atoms with Crippen molar-refractivity contribution in [2.45, 2.75) is 51.0 Å². The number of carbonyl (C=O) groups excluding carboxylic acids is 1. The summed E-state index contributed by atoms with van der Waals surface area (Å²) in [5, 5.41) is 0. The highest BCUT2D eigenvalue weighted by Crippen LogP contribution is 2.23. The number of hydrogen-bond acceptors (Lipinski definition) is 4. The first kappa shape index (κ1) is 23.1. The number of Topliss-reactive ketones (excluding diaryl/α,β-unsaturated/α-hetero) is 1. The smallest absolute Gasteiger partial charge is 0.164 e. The van der Waals surface area contributed by atoms with Crippen molar-refractivity contribution in [3.63, 3.8) is 0 Å². The van der Waals surface area contributed by atoms with E-state index < -0.39 is 18.3 Å². The number of rotatable bonds is 9. The standard InChI is InChI=1S/C29H30O4/c30-26-18-10-11-19-27(31-20-23-12-4-1-5-13-23)29(33-22-25-16-8-3-9-17-25)28(26)32-21-24-14-6-2-7-15-24/h1-9,11-17,19,27-29H,10,18,20-22H2/b19-11-/t27-,28+,29+/m1/s1. The van der Waals surface area contributed by atoms with Crippen LogP contribution < -0.4 is 0 Å². The monoisotopic (exact) mass is 442 g/mol. The molecular weight excluding hydrogens is 412 g/mol. The molecule has 0 amide bonds. The van der Waals surface area contributed by atoms with Gasteiger partial charge in [-0.2, -0.15) is 0 Å². The molecule has 4 rings (SSSR count). The first-order chi connectivity index (χ1) is 16.3. The maximum Gasteiger partial charge on any atom is 0.164 e. The molecule has 0 spiro atoms. The Balaban J connectivity index is 1.54. The molecule has 0 aromatic heterocycles. The normalized spacial score (nSPS) is 21.8. The van der Waals surface area contributed by atoms with E-state index in [-0.39, 0.29) is 5.78 Å². The Bertz CT molecular complexity index is 1000. The Kier molecular flexibility index (Phi) is 8.59. The van der Waals surface area contributed by atoms with E-state index in [1.54, 1.807) is 0 Å². The van der Waals surface area contributed by atoms with E-state index in [9.17, 15) is 4.79 Å². The van der Waals surface area contributed by atoms with Crippen molar-refractivity contribution in [1.82, 2.24) is 0 Å². The Morgan fingerprint density at radius 1 is 0.636 bits per heavy atom. The van der Waals surface area contributed by atoms with Crippen LogP contribution in [0.1, 0.15) is 29.5 Å². The summed E-state index contributed by atoms with van der Waals surface area (Å²) in [7, 11) is 0. The van der Waals surface area contributed by atoms with Crippen molar-refractivity contribution in [2.75, 3.05) is 0 Å². The number of benzene rings is 3. The second-order valence-corrected chi connectivity index (χ2v) is 8.17. The average molecular weight is 443 g/mol. The molecule has 0 unspecified atom stereocenters. The number of carbonyl (C=O) groups is 1. The first-order valence-electron chi connectivity index (χ1n) is 11.5. The molecule has 0 aliphatic heterocycles. The molecule has 4 heteroatoms. The van der Waals surface area contributed by atoms with Gasteiger partial charge in [0.2, 0.25) is 0 Å². The molecule has 170 valence electrons. The van der Waals surface area contributed by atoms with Crippen LogP contribution in [0.4, 0.5) is 0 Å². The van der Waals surface area contributed by atoms with Gasteiger partial charge in [0.05, 0.1) is 19.8 Å². The topological polar surface area (TPSA) is 44.8 Å². The van der Waals surface area contributed by atoms with Gasteiger partial charge in [-0.05, 0) is 23.1 Å². The van der Waals surface area contributed by atoms with Crippen molar-refractivity contribution >= 4 is 5.78 Å². The van der Waals surface area contributed by atoms with Gasteiger partial charge < -0.3 is 14.2 Å². The fraction of sp³-hybridized carbons (Fsp3) is 0.276. The van der Waals surface area contributed by atoms with Crippen LogP contribution in [-0.2, 0) is 38.8 Å². The van der Waals surface area contributed by atoms with Gasteiger partial charge >= 0.3 is 0 Å². The van der Waals surface area contributed by atoms with Gasteiger partial charge in [0, 0.05) is 6.42 Å². The fourth-order valence-electron chi connectivity index (χ4n) is 3.88. The van der Waals surface area contributed by atoms with Crippen LogP contribution >= 0.6 is 0 Å². The largest absolute Gasteiger partial charge is 0.367 e. The van der Waals surface area contributed by atoms with Crippen LogP contribution in [-0.4, -0.2) is 24.1 Å². The summed E-state index contributed by atoms with van der Waals surface area (Å²) >= 11 is 0. The molecule has 0 bridgehead atoms. The minimum Gasteiger partial charge on any atom is -0.367 e. The molecular formula is C29H30O4. The van der Waals surface area contributed by atoms with Crippen LogP contribution in [0, 0.1) is 0 Å². The molecule has 0 fully saturated rings. The molecule has 3 aromatic rings. The third-order valence-electron chi connectivity index (χ3n) is 5.67. The predicted octanol–water partition coefficient (Wildman–Crippen LogP) is 5.66. The molecule has 3 aromatic carbocycles. The summed E-state index contributed by atoms with van der Waals surface area (Å²) in [6.07, 6.45) is 3.46. The predicted molar refractivity (Wildman–Crippen MR) is 128 cm³/mol. The molecule has 3 atom stereocenters. The average Bonchev–Trinajstić information content (AvgIpc) is 2.86. The fourth-order valence-corrected chi connectivity index (χ4v) is 3.88. The van der Waals surface area contributed by atoms with Crippen LogP contribution in [0.3, 0.4) is 0 Å². The molecule has 4 nitrogen and oxygen atoms in total. The van der Waals surface area contributed by atoms with E-state index >= 15 is 0 Å². The highest BCUT2D eigenvalue weighted by Gasteiger charge is 2.36. The van der Waals surface area contributed by atoms with Crippen molar-refractivity contribution < 1.29 is 19.0 Å². The molecule has 0 radical (unpaired) electrons. The lowest BCUT2D eigenvalue weighted by Crippen LogP contribution is -2.46. The van der Waals surface area contributed by atoms with E-state index in [1.807, 2.05) is 103 Å². The lowest BCUT2D eigenvalue weighted by molar-refractivity contribution is -0.161. The summed E-state index contributed by atoms with van der Waals surface area (Å²) in [6, 6.07) is 29.9. The van der Waals surface area contributed by atoms with Gasteiger partial charge in [-0.3, -0.25) is 4.79 Å². The van der Waals surface area contributed by atoms with E-state index in [4.69, 9.17) is 14.2 Å². The second-order valence-electron chi connectivity index (χ2n) is 8.17. The van der Waals surface area contributed by atoms with Gasteiger partial charge in [0.15, 0.2) is 5.78 Å². The lowest BCUT2D eigenvalue weighted by atomic mass is 9.96. The van der Waals surface area contributed by atoms with Crippen LogP contribution in [0.15, 0.2) is 103 Å². The Morgan fingerprint density at radius 2 is 1.12 bits per heavy atom. The van der Waals surface area contributed by atoms with Gasteiger partial charge in [-0.15, -0.1) is 0 Å². The Morgan fingerprint density at radius 3 is 1.67 bits per heavy atom.